The van der Waals surface area contributed by atoms with E-state index in [0.29, 0.717) is 30.1 Å². The topological polar surface area (TPSA) is 91.3 Å². The van der Waals surface area contributed by atoms with Gasteiger partial charge in [0.1, 0.15) is 23.9 Å². The number of hydrogen-bond acceptors (Lipinski definition) is 6. The molecule has 0 saturated heterocycles. The SMILES string of the molecule is CCOC(=O)c1ccc(OCCCc2ccc(OCc3ccc(OC(C)C)cc3)cc2)c(CC(=O)O)c1. The van der Waals surface area contributed by atoms with Gasteiger partial charge in [0.2, 0.25) is 0 Å². The summed E-state index contributed by atoms with van der Waals surface area (Å²) in [6.07, 6.45) is 1.45. The van der Waals surface area contributed by atoms with E-state index >= 15 is 0 Å². The minimum Gasteiger partial charge on any atom is -0.493 e. The molecular weight excluding hydrogens is 472 g/mol. The van der Waals surface area contributed by atoms with Crippen LogP contribution in [0.3, 0.4) is 0 Å². The van der Waals surface area contributed by atoms with Crippen LogP contribution < -0.4 is 14.2 Å². The van der Waals surface area contributed by atoms with Crippen molar-refractivity contribution in [2.75, 3.05) is 13.2 Å². The Bertz CT molecular complexity index is 1150. The van der Waals surface area contributed by atoms with Crippen LogP contribution in [0.1, 0.15) is 54.2 Å². The van der Waals surface area contributed by atoms with Crippen molar-refractivity contribution < 1.29 is 33.6 Å². The van der Waals surface area contributed by atoms with Gasteiger partial charge in [0, 0.05) is 5.56 Å². The molecule has 0 heterocycles. The third kappa shape index (κ3) is 9.18. The number of aliphatic carboxylic acids is 1. The van der Waals surface area contributed by atoms with Crippen LogP contribution in [-0.2, 0) is 29.0 Å². The van der Waals surface area contributed by atoms with Gasteiger partial charge in [0.15, 0.2) is 0 Å². The number of hydrogen-bond donors (Lipinski definition) is 1. The number of carbonyl (C=O) groups excluding carboxylic acids is 1. The molecule has 0 aliphatic carbocycles. The lowest BCUT2D eigenvalue weighted by Gasteiger charge is -2.12. The smallest absolute Gasteiger partial charge is 0.338 e. The maximum atomic E-state index is 12.0. The fourth-order valence-electron chi connectivity index (χ4n) is 3.68. The van der Waals surface area contributed by atoms with Crippen molar-refractivity contribution in [3.05, 3.63) is 89.0 Å². The zero-order valence-corrected chi connectivity index (χ0v) is 21.6. The van der Waals surface area contributed by atoms with Crippen LogP contribution in [0.5, 0.6) is 17.2 Å². The van der Waals surface area contributed by atoms with E-state index in [4.69, 9.17) is 18.9 Å². The molecular formula is C30H34O7. The summed E-state index contributed by atoms with van der Waals surface area (Å²) >= 11 is 0. The second kappa shape index (κ2) is 13.9. The van der Waals surface area contributed by atoms with Crippen LogP contribution >= 0.6 is 0 Å². The van der Waals surface area contributed by atoms with E-state index in [2.05, 4.69) is 0 Å². The molecule has 37 heavy (non-hydrogen) atoms. The van der Waals surface area contributed by atoms with Crippen LogP contribution in [0.2, 0.25) is 0 Å². The number of ether oxygens (including phenoxy) is 4. The van der Waals surface area contributed by atoms with Gasteiger partial charge in [-0.05, 0) is 87.2 Å². The van der Waals surface area contributed by atoms with Gasteiger partial charge in [-0.2, -0.15) is 0 Å². The summed E-state index contributed by atoms with van der Waals surface area (Å²) in [6.45, 7) is 6.86. The first kappa shape index (κ1) is 27.6. The molecule has 3 aromatic carbocycles. The van der Waals surface area contributed by atoms with Gasteiger partial charge in [0.05, 0.1) is 31.3 Å². The quantitative estimate of drug-likeness (QED) is 0.216. The Balaban J connectivity index is 1.46. The van der Waals surface area contributed by atoms with Crippen molar-refractivity contribution in [2.45, 2.75) is 52.7 Å². The summed E-state index contributed by atoms with van der Waals surface area (Å²) in [5.74, 6) is 0.622. The molecule has 0 saturated carbocycles. The third-order valence-electron chi connectivity index (χ3n) is 5.40. The molecule has 0 aliphatic heterocycles. The number of aryl methyl sites for hydroxylation is 1. The van der Waals surface area contributed by atoms with Crippen LogP contribution in [-0.4, -0.2) is 36.4 Å². The standard InChI is InChI=1S/C30H34O7/c1-4-34-30(33)24-11-16-28(25(18-24)19-29(31)32)35-17-5-6-22-7-12-26(13-8-22)36-20-23-9-14-27(15-10-23)37-21(2)3/h7-16,18,21H,4-6,17,19-20H2,1-3H3,(H,31,32). The summed E-state index contributed by atoms with van der Waals surface area (Å²) in [5, 5.41) is 9.22. The van der Waals surface area contributed by atoms with E-state index in [1.807, 2.05) is 62.4 Å². The molecule has 0 unspecified atom stereocenters. The number of carboxylic acids is 1. The molecule has 0 radical (unpaired) electrons. The maximum Gasteiger partial charge on any atom is 0.338 e. The predicted molar refractivity (Wildman–Crippen MR) is 141 cm³/mol. The summed E-state index contributed by atoms with van der Waals surface area (Å²) in [5.41, 5.74) is 2.97. The van der Waals surface area contributed by atoms with Gasteiger partial charge in [0.25, 0.3) is 0 Å². The number of benzene rings is 3. The minimum atomic E-state index is -0.995. The lowest BCUT2D eigenvalue weighted by atomic mass is 10.1. The summed E-state index contributed by atoms with van der Waals surface area (Å²) in [4.78, 5) is 23.2. The molecule has 3 aromatic rings. The highest BCUT2D eigenvalue weighted by molar-refractivity contribution is 5.90. The first-order chi connectivity index (χ1) is 17.8. The van der Waals surface area contributed by atoms with Gasteiger partial charge < -0.3 is 24.1 Å². The zero-order valence-electron chi connectivity index (χ0n) is 21.6. The number of rotatable bonds is 14. The molecule has 196 valence electrons. The molecule has 0 spiro atoms. The Morgan fingerprint density at radius 2 is 1.54 bits per heavy atom. The van der Waals surface area contributed by atoms with Crippen molar-refractivity contribution in [3.8, 4) is 17.2 Å². The zero-order chi connectivity index (χ0) is 26.6. The van der Waals surface area contributed by atoms with Gasteiger partial charge >= 0.3 is 11.9 Å². The predicted octanol–water partition coefficient (Wildman–Crippen LogP) is 5.87. The minimum absolute atomic E-state index is 0.144. The monoisotopic (exact) mass is 506 g/mol. The van der Waals surface area contributed by atoms with E-state index in [1.54, 1.807) is 19.1 Å². The summed E-state index contributed by atoms with van der Waals surface area (Å²) < 4.78 is 22.4. The van der Waals surface area contributed by atoms with Crippen molar-refractivity contribution in [3.63, 3.8) is 0 Å². The largest absolute Gasteiger partial charge is 0.493 e. The highest BCUT2D eigenvalue weighted by Gasteiger charge is 2.14. The summed E-state index contributed by atoms with van der Waals surface area (Å²) in [6, 6.07) is 20.6. The molecule has 0 atom stereocenters. The van der Waals surface area contributed by atoms with Crippen molar-refractivity contribution in [1.29, 1.82) is 0 Å². The van der Waals surface area contributed by atoms with Crippen molar-refractivity contribution in [2.24, 2.45) is 0 Å². The van der Waals surface area contributed by atoms with E-state index in [0.717, 1.165) is 35.5 Å². The van der Waals surface area contributed by atoms with E-state index in [-0.39, 0.29) is 19.1 Å². The van der Waals surface area contributed by atoms with Gasteiger partial charge in [-0.1, -0.05) is 24.3 Å². The third-order valence-corrected chi connectivity index (χ3v) is 5.40. The molecule has 7 nitrogen and oxygen atoms in total. The Kier molecular flexibility index (Phi) is 10.4. The fraction of sp³-hybridized carbons (Fsp3) is 0.333. The highest BCUT2D eigenvalue weighted by Crippen LogP contribution is 2.23. The van der Waals surface area contributed by atoms with E-state index in [1.165, 1.54) is 6.07 Å². The molecule has 1 N–H and O–H groups in total. The molecule has 7 heteroatoms. The van der Waals surface area contributed by atoms with Crippen LogP contribution in [0.4, 0.5) is 0 Å². The Labute approximate surface area is 217 Å². The Morgan fingerprint density at radius 1 is 0.865 bits per heavy atom. The van der Waals surface area contributed by atoms with Gasteiger partial charge in [-0.3, -0.25) is 4.79 Å². The number of esters is 1. The first-order valence-electron chi connectivity index (χ1n) is 12.5. The fourth-order valence-corrected chi connectivity index (χ4v) is 3.68. The normalized spacial score (nSPS) is 10.7. The van der Waals surface area contributed by atoms with E-state index in [9.17, 15) is 14.7 Å². The average molecular weight is 507 g/mol. The van der Waals surface area contributed by atoms with Crippen LogP contribution in [0.15, 0.2) is 66.7 Å². The van der Waals surface area contributed by atoms with Crippen LogP contribution in [0.25, 0.3) is 0 Å². The molecule has 0 fully saturated rings. The van der Waals surface area contributed by atoms with E-state index < -0.39 is 11.9 Å². The lowest BCUT2D eigenvalue weighted by Crippen LogP contribution is -2.09. The summed E-state index contributed by atoms with van der Waals surface area (Å²) in [7, 11) is 0. The average Bonchev–Trinajstić information content (AvgIpc) is 2.87. The first-order valence-corrected chi connectivity index (χ1v) is 12.5. The second-order valence-corrected chi connectivity index (χ2v) is 8.81. The molecule has 3 rings (SSSR count). The Morgan fingerprint density at radius 3 is 2.19 bits per heavy atom. The number of carboxylic acid groups (broad SMARTS) is 1. The van der Waals surface area contributed by atoms with Crippen molar-refractivity contribution >= 4 is 11.9 Å². The molecule has 0 bridgehead atoms. The van der Waals surface area contributed by atoms with Crippen molar-refractivity contribution in [1.82, 2.24) is 0 Å². The molecule has 0 amide bonds. The Hall–Kier alpha value is -4.00. The second-order valence-electron chi connectivity index (χ2n) is 8.81. The molecule has 0 aromatic heterocycles. The highest BCUT2D eigenvalue weighted by atomic mass is 16.5. The molecule has 0 aliphatic rings. The van der Waals surface area contributed by atoms with Gasteiger partial charge in [-0.15, -0.1) is 0 Å². The van der Waals surface area contributed by atoms with Gasteiger partial charge in [-0.25, -0.2) is 4.79 Å². The number of carbonyl (C=O) groups is 2. The van der Waals surface area contributed by atoms with Crippen LogP contribution in [0, 0.1) is 0 Å². The lowest BCUT2D eigenvalue weighted by molar-refractivity contribution is -0.136. The maximum absolute atomic E-state index is 12.0.